The van der Waals surface area contributed by atoms with Gasteiger partial charge in [0.15, 0.2) is 0 Å². The van der Waals surface area contributed by atoms with Crippen LogP contribution in [0.25, 0.3) is 0 Å². The van der Waals surface area contributed by atoms with Crippen molar-refractivity contribution in [2.45, 2.75) is 6.42 Å². The van der Waals surface area contributed by atoms with Gasteiger partial charge in [0.05, 0.1) is 17.2 Å². The first kappa shape index (κ1) is 17.4. The van der Waals surface area contributed by atoms with Crippen molar-refractivity contribution in [2.24, 2.45) is 0 Å². The fraction of sp³-hybridized carbons (Fsp3) is 0.278. The van der Waals surface area contributed by atoms with Gasteiger partial charge in [-0.3, -0.25) is 4.79 Å². The van der Waals surface area contributed by atoms with Gasteiger partial charge in [-0.2, -0.15) is 5.26 Å². The minimum Gasteiger partial charge on any atom is -0.370 e. The summed E-state index contributed by atoms with van der Waals surface area (Å²) in [5, 5.41) is 14.9. The topological polar surface area (TPSA) is 81.0 Å². The first-order valence-electron chi connectivity index (χ1n) is 7.74. The van der Waals surface area contributed by atoms with Gasteiger partial charge >= 0.3 is 0 Å². The Morgan fingerprint density at radius 1 is 1.29 bits per heavy atom. The largest absolute Gasteiger partial charge is 0.370 e. The maximum absolute atomic E-state index is 12.2. The fourth-order valence-corrected chi connectivity index (χ4v) is 2.11. The molecule has 0 aliphatic carbocycles. The minimum absolute atomic E-state index is 0.253. The maximum atomic E-state index is 12.2. The zero-order chi connectivity index (χ0) is 17.4. The highest BCUT2D eigenvalue weighted by Crippen LogP contribution is 2.12. The van der Waals surface area contributed by atoms with E-state index in [2.05, 4.69) is 20.5 Å². The van der Waals surface area contributed by atoms with Gasteiger partial charge in [-0.25, -0.2) is 4.98 Å². The first-order valence-corrected chi connectivity index (χ1v) is 7.74. The fourth-order valence-electron chi connectivity index (χ4n) is 2.11. The Labute approximate surface area is 142 Å². The van der Waals surface area contributed by atoms with E-state index in [4.69, 9.17) is 5.26 Å². The van der Waals surface area contributed by atoms with Crippen LogP contribution in [0.2, 0.25) is 0 Å². The van der Waals surface area contributed by atoms with Gasteiger partial charge in [0, 0.05) is 18.4 Å². The highest BCUT2D eigenvalue weighted by atomic mass is 16.1. The van der Waals surface area contributed by atoms with E-state index in [1.807, 2.05) is 20.2 Å². The molecule has 0 saturated heterocycles. The van der Waals surface area contributed by atoms with Gasteiger partial charge in [-0.1, -0.05) is 6.07 Å². The average molecular weight is 323 g/mol. The molecule has 0 bridgehead atoms. The molecule has 1 amide bonds. The van der Waals surface area contributed by atoms with E-state index in [-0.39, 0.29) is 5.91 Å². The molecule has 0 unspecified atom stereocenters. The summed E-state index contributed by atoms with van der Waals surface area (Å²) < 4.78 is 0. The van der Waals surface area contributed by atoms with Crippen molar-refractivity contribution in [3.8, 4) is 6.07 Å². The Morgan fingerprint density at radius 3 is 2.79 bits per heavy atom. The van der Waals surface area contributed by atoms with Crippen molar-refractivity contribution < 1.29 is 4.79 Å². The van der Waals surface area contributed by atoms with E-state index in [9.17, 15) is 4.79 Å². The van der Waals surface area contributed by atoms with Crippen molar-refractivity contribution in [3.63, 3.8) is 0 Å². The predicted molar refractivity (Wildman–Crippen MR) is 95.0 cm³/mol. The van der Waals surface area contributed by atoms with Crippen molar-refractivity contribution >= 4 is 17.4 Å². The molecule has 1 aromatic heterocycles. The van der Waals surface area contributed by atoms with Crippen molar-refractivity contribution in [1.29, 1.82) is 5.26 Å². The Bertz CT molecular complexity index is 719. The molecule has 1 heterocycles. The number of amides is 1. The quantitative estimate of drug-likeness (QED) is 0.765. The van der Waals surface area contributed by atoms with Crippen LogP contribution in [0.15, 0.2) is 42.6 Å². The number of benzene rings is 1. The molecule has 0 radical (unpaired) electrons. The Balaban J connectivity index is 1.90. The predicted octanol–water partition coefficient (Wildman–Crippen LogP) is 2.57. The molecule has 24 heavy (non-hydrogen) atoms. The summed E-state index contributed by atoms with van der Waals surface area (Å²) in [6, 6.07) is 12.4. The van der Waals surface area contributed by atoms with E-state index in [1.54, 1.807) is 36.4 Å². The van der Waals surface area contributed by atoms with Crippen LogP contribution >= 0.6 is 0 Å². The van der Waals surface area contributed by atoms with Gasteiger partial charge in [0.1, 0.15) is 5.82 Å². The number of carbonyl (C=O) groups excluding carboxylic acids is 1. The summed E-state index contributed by atoms with van der Waals surface area (Å²) in [4.78, 5) is 18.6. The van der Waals surface area contributed by atoms with Gasteiger partial charge < -0.3 is 15.5 Å². The van der Waals surface area contributed by atoms with Crippen LogP contribution in [0.5, 0.6) is 0 Å². The number of pyridine rings is 1. The van der Waals surface area contributed by atoms with Crippen LogP contribution in [0.3, 0.4) is 0 Å². The number of carbonyl (C=O) groups is 1. The highest BCUT2D eigenvalue weighted by molar-refractivity contribution is 6.04. The number of nitrogens with one attached hydrogen (secondary N) is 2. The van der Waals surface area contributed by atoms with Gasteiger partial charge in [-0.05, 0) is 57.4 Å². The Kier molecular flexibility index (Phi) is 6.29. The van der Waals surface area contributed by atoms with Crippen molar-refractivity contribution in [2.75, 3.05) is 37.8 Å². The van der Waals surface area contributed by atoms with Crippen LogP contribution in [0.1, 0.15) is 22.3 Å². The van der Waals surface area contributed by atoms with E-state index >= 15 is 0 Å². The second-order valence-corrected chi connectivity index (χ2v) is 5.66. The molecule has 124 valence electrons. The lowest BCUT2D eigenvalue weighted by molar-refractivity contribution is 0.102. The molecule has 0 atom stereocenters. The van der Waals surface area contributed by atoms with Crippen LogP contribution in [-0.2, 0) is 0 Å². The standard InChI is InChI=1S/C18H21N5O/c1-23(2)10-4-9-20-17-8-7-15(13-21-17)18(24)22-16-6-3-5-14(11-16)12-19/h3,5-8,11,13H,4,9-10H2,1-2H3,(H,20,21)(H,22,24). The third-order valence-corrected chi connectivity index (χ3v) is 3.36. The average Bonchev–Trinajstić information content (AvgIpc) is 2.59. The number of aromatic nitrogens is 1. The number of nitriles is 1. The summed E-state index contributed by atoms with van der Waals surface area (Å²) in [7, 11) is 4.08. The number of hydrogen-bond acceptors (Lipinski definition) is 5. The molecule has 6 nitrogen and oxygen atoms in total. The first-order chi connectivity index (χ1) is 11.6. The Morgan fingerprint density at radius 2 is 2.12 bits per heavy atom. The minimum atomic E-state index is -0.253. The lowest BCUT2D eigenvalue weighted by Crippen LogP contribution is -2.17. The second kappa shape index (κ2) is 8.65. The third kappa shape index (κ3) is 5.38. The number of anilines is 2. The number of rotatable bonds is 7. The molecule has 0 aliphatic rings. The van der Waals surface area contributed by atoms with Crippen LogP contribution < -0.4 is 10.6 Å². The van der Waals surface area contributed by atoms with E-state index in [1.165, 1.54) is 6.20 Å². The smallest absolute Gasteiger partial charge is 0.257 e. The lowest BCUT2D eigenvalue weighted by Gasteiger charge is -2.10. The molecular formula is C18H21N5O. The summed E-state index contributed by atoms with van der Waals surface area (Å²) in [6.45, 7) is 1.84. The molecule has 0 fully saturated rings. The van der Waals surface area contributed by atoms with Gasteiger partial charge in [-0.15, -0.1) is 0 Å². The van der Waals surface area contributed by atoms with Crippen LogP contribution in [0.4, 0.5) is 11.5 Å². The summed E-state index contributed by atoms with van der Waals surface area (Å²) in [6.07, 6.45) is 2.56. The lowest BCUT2D eigenvalue weighted by atomic mass is 10.2. The molecule has 0 aliphatic heterocycles. The molecule has 0 spiro atoms. The van der Waals surface area contributed by atoms with Crippen LogP contribution in [0, 0.1) is 11.3 Å². The van der Waals surface area contributed by atoms with Gasteiger partial charge in [0.2, 0.25) is 0 Å². The van der Waals surface area contributed by atoms with E-state index in [0.717, 1.165) is 25.3 Å². The number of hydrogen-bond donors (Lipinski definition) is 2. The summed E-state index contributed by atoms with van der Waals surface area (Å²) in [5.74, 6) is 0.494. The highest BCUT2D eigenvalue weighted by Gasteiger charge is 2.07. The summed E-state index contributed by atoms with van der Waals surface area (Å²) >= 11 is 0. The molecule has 1 aromatic carbocycles. The monoisotopic (exact) mass is 323 g/mol. The summed E-state index contributed by atoms with van der Waals surface area (Å²) in [5.41, 5.74) is 1.56. The van der Waals surface area contributed by atoms with E-state index < -0.39 is 0 Å². The molecule has 6 heteroatoms. The SMILES string of the molecule is CN(C)CCCNc1ccc(C(=O)Nc2cccc(C#N)c2)cn1. The number of nitrogens with zero attached hydrogens (tertiary/aromatic N) is 3. The third-order valence-electron chi connectivity index (χ3n) is 3.36. The molecular weight excluding hydrogens is 302 g/mol. The van der Waals surface area contributed by atoms with Crippen LogP contribution in [-0.4, -0.2) is 43.0 Å². The molecule has 2 rings (SSSR count). The normalized spacial score (nSPS) is 10.2. The zero-order valence-electron chi connectivity index (χ0n) is 13.9. The second-order valence-electron chi connectivity index (χ2n) is 5.66. The zero-order valence-corrected chi connectivity index (χ0v) is 13.9. The van der Waals surface area contributed by atoms with Crippen molar-refractivity contribution in [1.82, 2.24) is 9.88 Å². The molecule has 0 saturated carbocycles. The molecule has 2 N–H and O–H groups in total. The Hall–Kier alpha value is -2.91. The van der Waals surface area contributed by atoms with Gasteiger partial charge in [0.25, 0.3) is 5.91 Å². The maximum Gasteiger partial charge on any atom is 0.257 e. The molecule has 2 aromatic rings. The van der Waals surface area contributed by atoms with Crippen molar-refractivity contribution in [3.05, 3.63) is 53.7 Å². The van der Waals surface area contributed by atoms with E-state index in [0.29, 0.717) is 16.8 Å².